The Morgan fingerprint density at radius 3 is 2.70 bits per heavy atom. The molecule has 2 N–H and O–H groups in total. The first-order valence-corrected chi connectivity index (χ1v) is 7.83. The Hall–Kier alpha value is -0.900. The quantitative estimate of drug-likeness (QED) is 0.800. The number of fused-ring (bicyclic) bond motifs is 1. The number of rotatable bonds is 7. The molecule has 0 saturated carbocycles. The number of hydrogen-bond donors (Lipinski definition) is 2. The van der Waals surface area contributed by atoms with E-state index in [1.807, 2.05) is 0 Å². The Kier molecular flexibility index (Phi) is 5.19. The molecule has 1 aliphatic rings. The lowest BCUT2D eigenvalue weighted by atomic mass is 9.91. The van der Waals surface area contributed by atoms with Gasteiger partial charge in [-0.1, -0.05) is 37.6 Å². The molecule has 1 atom stereocenters. The van der Waals surface area contributed by atoms with E-state index in [4.69, 9.17) is 0 Å². The standard InChI is InChI=1S/C17H28N2O/c1-4-19(5-2)11-10-18-17(13-20)9-8-15-7-6-14(3)12-16(15)17/h6-7,12,18,20H,4-5,8-11,13H2,1-3H3. The van der Waals surface area contributed by atoms with Gasteiger partial charge < -0.3 is 15.3 Å². The van der Waals surface area contributed by atoms with Crippen molar-refractivity contribution in [3.8, 4) is 0 Å². The zero-order valence-electron chi connectivity index (χ0n) is 13.1. The van der Waals surface area contributed by atoms with Crippen LogP contribution < -0.4 is 5.32 Å². The summed E-state index contributed by atoms with van der Waals surface area (Å²) in [6.45, 7) is 10.8. The second-order valence-electron chi connectivity index (χ2n) is 5.85. The molecule has 1 unspecified atom stereocenters. The van der Waals surface area contributed by atoms with Gasteiger partial charge in [0.1, 0.15) is 0 Å². The van der Waals surface area contributed by atoms with E-state index < -0.39 is 0 Å². The molecule has 1 aliphatic carbocycles. The van der Waals surface area contributed by atoms with E-state index in [0.29, 0.717) is 0 Å². The summed E-state index contributed by atoms with van der Waals surface area (Å²) in [5.41, 5.74) is 3.74. The van der Waals surface area contributed by atoms with Crippen molar-refractivity contribution < 1.29 is 5.11 Å². The second kappa shape index (κ2) is 6.70. The van der Waals surface area contributed by atoms with Gasteiger partial charge in [-0.05, 0) is 44.0 Å². The number of aliphatic hydroxyl groups excluding tert-OH is 1. The Bertz CT molecular complexity index is 443. The lowest BCUT2D eigenvalue weighted by Gasteiger charge is -2.31. The molecule has 0 aliphatic heterocycles. The lowest BCUT2D eigenvalue weighted by molar-refractivity contribution is 0.154. The van der Waals surface area contributed by atoms with Crippen LogP contribution in [0.2, 0.25) is 0 Å². The van der Waals surface area contributed by atoms with Gasteiger partial charge in [-0.15, -0.1) is 0 Å². The molecule has 2 rings (SSSR count). The predicted octanol–water partition coefficient (Wildman–Crippen LogP) is 2.06. The molecule has 0 spiro atoms. The molecule has 3 nitrogen and oxygen atoms in total. The SMILES string of the molecule is CCN(CC)CCNC1(CO)CCc2ccc(C)cc21. The number of nitrogens with one attached hydrogen (secondary N) is 1. The van der Waals surface area contributed by atoms with Gasteiger partial charge in [-0.3, -0.25) is 0 Å². The number of aryl methyl sites for hydroxylation is 2. The highest BCUT2D eigenvalue weighted by Crippen LogP contribution is 2.37. The molecule has 0 heterocycles. The minimum atomic E-state index is -0.228. The van der Waals surface area contributed by atoms with Gasteiger partial charge in [0, 0.05) is 13.1 Å². The molecule has 1 aromatic rings. The molecule has 0 aromatic heterocycles. The molecular weight excluding hydrogens is 248 g/mol. The topological polar surface area (TPSA) is 35.5 Å². The molecule has 1 aromatic carbocycles. The van der Waals surface area contributed by atoms with Crippen molar-refractivity contribution in [1.29, 1.82) is 0 Å². The summed E-state index contributed by atoms with van der Waals surface area (Å²) >= 11 is 0. The monoisotopic (exact) mass is 276 g/mol. The van der Waals surface area contributed by atoms with Gasteiger partial charge in [-0.2, -0.15) is 0 Å². The smallest absolute Gasteiger partial charge is 0.0675 e. The van der Waals surface area contributed by atoms with Crippen molar-refractivity contribution in [2.24, 2.45) is 0 Å². The maximum atomic E-state index is 9.96. The van der Waals surface area contributed by atoms with E-state index in [1.165, 1.54) is 16.7 Å². The van der Waals surface area contributed by atoms with Crippen LogP contribution in [0.3, 0.4) is 0 Å². The largest absolute Gasteiger partial charge is 0.394 e. The van der Waals surface area contributed by atoms with Crippen molar-refractivity contribution in [1.82, 2.24) is 10.2 Å². The van der Waals surface area contributed by atoms with Crippen LogP contribution in [-0.4, -0.2) is 42.8 Å². The molecule has 3 heteroatoms. The van der Waals surface area contributed by atoms with Gasteiger partial charge in [-0.25, -0.2) is 0 Å². The van der Waals surface area contributed by atoms with Crippen molar-refractivity contribution >= 4 is 0 Å². The number of nitrogens with zero attached hydrogens (tertiary/aromatic N) is 1. The van der Waals surface area contributed by atoms with Gasteiger partial charge in [0.2, 0.25) is 0 Å². The zero-order chi connectivity index (χ0) is 14.6. The molecule has 0 amide bonds. The Morgan fingerprint density at radius 2 is 2.05 bits per heavy atom. The predicted molar refractivity (Wildman–Crippen MR) is 84.1 cm³/mol. The van der Waals surface area contributed by atoms with Crippen LogP contribution in [0.4, 0.5) is 0 Å². The highest BCUT2D eigenvalue weighted by atomic mass is 16.3. The fourth-order valence-electron chi connectivity index (χ4n) is 3.23. The van der Waals surface area contributed by atoms with Crippen molar-refractivity contribution in [2.45, 2.75) is 39.2 Å². The molecule has 0 radical (unpaired) electrons. The first kappa shape index (κ1) is 15.5. The summed E-state index contributed by atoms with van der Waals surface area (Å²) in [6.07, 6.45) is 2.06. The van der Waals surface area contributed by atoms with Crippen molar-refractivity contribution in [3.63, 3.8) is 0 Å². The minimum Gasteiger partial charge on any atom is -0.394 e. The van der Waals surface area contributed by atoms with E-state index in [1.54, 1.807) is 0 Å². The minimum absolute atomic E-state index is 0.182. The van der Waals surface area contributed by atoms with E-state index >= 15 is 0 Å². The Balaban J connectivity index is 2.07. The third-order valence-corrected chi connectivity index (χ3v) is 4.66. The first-order valence-electron chi connectivity index (χ1n) is 7.83. The summed E-state index contributed by atoms with van der Waals surface area (Å²) in [6, 6.07) is 6.62. The summed E-state index contributed by atoms with van der Waals surface area (Å²) in [4.78, 5) is 2.41. The van der Waals surface area contributed by atoms with Crippen LogP contribution in [0.15, 0.2) is 18.2 Å². The van der Waals surface area contributed by atoms with Crippen LogP contribution in [0.1, 0.15) is 37.0 Å². The molecule has 0 bridgehead atoms. The maximum absolute atomic E-state index is 9.96. The summed E-state index contributed by atoms with van der Waals surface area (Å²) < 4.78 is 0. The van der Waals surface area contributed by atoms with Crippen molar-refractivity contribution in [3.05, 3.63) is 34.9 Å². The lowest BCUT2D eigenvalue weighted by Crippen LogP contribution is -2.47. The average molecular weight is 276 g/mol. The second-order valence-corrected chi connectivity index (χ2v) is 5.85. The van der Waals surface area contributed by atoms with Gasteiger partial charge in [0.05, 0.1) is 12.1 Å². The highest BCUT2D eigenvalue weighted by molar-refractivity contribution is 5.41. The molecular formula is C17H28N2O. The molecule has 20 heavy (non-hydrogen) atoms. The van der Waals surface area contributed by atoms with Gasteiger partial charge in [0.25, 0.3) is 0 Å². The summed E-state index contributed by atoms with van der Waals surface area (Å²) in [7, 11) is 0. The highest BCUT2D eigenvalue weighted by Gasteiger charge is 2.37. The van der Waals surface area contributed by atoms with E-state index in [9.17, 15) is 5.11 Å². The Labute approximate surface area is 123 Å². The Morgan fingerprint density at radius 1 is 1.30 bits per heavy atom. The average Bonchev–Trinajstić information content (AvgIpc) is 2.82. The number of aliphatic hydroxyl groups is 1. The van der Waals surface area contributed by atoms with Gasteiger partial charge >= 0.3 is 0 Å². The third-order valence-electron chi connectivity index (χ3n) is 4.66. The van der Waals surface area contributed by atoms with Crippen LogP contribution in [0, 0.1) is 6.92 Å². The molecule has 112 valence electrons. The molecule has 0 fully saturated rings. The van der Waals surface area contributed by atoms with Crippen LogP contribution in [0.25, 0.3) is 0 Å². The number of likely N-dealkylation sites (N-methyl/N-ethyl adjacent to an activating group) is 1. The molecule has 0 saturated heterocycles. The van der Waals surface area contributed by atoms with Crippen LogP contribution in [-0.2, 0) is 12.0 Å². The fraction of sp³-hybridized carbons (Fsp3) is 0.647. The van der Waals surface area contributed by atoms with Crippen LogP contribution >= 0.6 is 0 Å². The normalized spacial score (nSPS) is 21.4. The van der Waals surface area contributed by atoms with Gasteiger partial charge in [0.15, 0.2) is 0 Å². The fourth-order valence-corrected chi connectivity index (χ4v) is 3.23. The van der Waals surface area contributed by atoms with E-state index in [0.717, 1.165) is 39.0 Å². The van der Waals surface area contributed by atoms with E-state index in [-0.39, 0.29) is 12.1 Å². The van der Waals surface area contributed by atoms with E-state index in [2.05, 4.69) is 49.2 Å². The number of hydrogen-bond acceptors (Lipinski definition) is 3. The third kappa shape index (κ3) is 3.05. The van der Waals surface area contributed by atoms with Crippen molar-refractivity contribution in [2.75, 3.05) is 32.8 Å². The maximum Gasteiger partial charge on any atom is 0.0675 e. The number of benzene rings is 1. The zero-order valence-corrected chi connectivity index (χ0v) is 13.1. The van der Waals surface area contributed by atoms with Crippen LogP contribution in [0.5, 0.6) is 0 Å². The summed E-state index contributed by atoms with van der Waals surface area (Å²) in [5, 5.41) is 13.6. The summed E-state index contributed by atoms with van der Waals surface area (Å²) in [5.74, 6) is 0. The first-order chi connectivity index (χ1) is 9.65.